The Bertz CT molecular complexity index is 1130. The summed E-state index contributed by atoms with van der Waals surface area (Å²) >= 11 is 0. The number of piperidine rings is 1. The summed E-state index contributed by atoms with van der Waals surface area (Å²) in [4.78, 5) is 14.8. The lowest BCUT2D eigenvalue weighted by Crippen LogP contribution is -2.54. The minimum Gasteiger partial charge on any atom is -0.474 e. The number of halogens is 5. The van der Waals surface area contributed by atoms with Crippen molar-refractivity contribution >= 4 is 17.0 Å². The number of anilines is 1. The summed E-state index contributed by atoms with van der Waals surface area (Å²) in [6.45, 7) is 0.954. The number of rotatable bonds is 5. The van der Waals surface area contributed by atoms with Crippen molar-refractivity contribution in [3.63, 3.8) is 0 Å². The zero-order valence-electron chi connectivity index (χ0n) is 17.5. The molecule has 1 saturated carbocycles. The lowest BCUT2D eigenvalue weighted by molar-refractivity contribution is -0.137. The number of pyridine rings is 1. The van der Waals surface area contributed by atoms with Crippen LogP contribution in [-0.2, 0) is 12.7 Å². The molecule has 0 N–H and O–H groups in total. The molecule has 1 aliphatic heterocycles. The van der Waals surface area contributed by atoms with Crippen LogP contribution in [0.1, 0.15) is 31.2 Å². The van der Waals surface area contributed by atoms with E-state index in [4.69, 9.17) is 4.74 Å². The van der Waals surface area contributed by atoms with Crippen molar-refractivity contribution in [1.29, 1.82) is 0 Å². The van der Waals surface area contributed by atoms with Gasteiger partial charge >= 0.3 is 6.18 Å². The van der Waals surface area contributed by atoms with E-state index in [1.54, 1.807) is 6.20 Å². The first-order valence-electron chi connectivity index (χ1n) is 10.6. The smallest absolute Gasteiger partial charge is 0.417 e. The van der Waals surface area contributed by atoms with Crippen LogP contribution in [-0.4, -0.2) is 50.4 Å². The third-order valence-corrected chi connectivity index (χ3v) is 6.30. The number of alkyl halides is 5. The molecule has 0 unspecified atom stereocenters. The third kappa shape index (κ3) is 4.42. The molecule has 0 amide bonds. The average Bonchev–Trinajstić information content (AvgIpc) is 3.14. The molecule has 1 spiro atoms. The van der Waals surface area contributed by atoms with E-state index in [-0.39, 0.29) is 17.4 Å². The Labute approximate surface area is 185 Å². The van der Waals surface area contributed by atoms with Crippen LogP contribution in [0.2, 0.25) is 0 Å². The molecule has 1 saturated heterocycles. The molecule has 33 heavy (non-hydrogen) atoms. The average molecular weight is 468 g/mol. The summed E-state index contributed by atoms with van der Waals surface area (Å²) in [6, 6.07) is 2.21. The molecule has 0 radical (unpaired) electrons. The molecule has 0 atom stereocenters. The molecule has 176 valence electrons. The van der Waals surface area contributed by atoms with Crippen molar-refractivity contribution in [2.24, 2.45) is 5.41 Å². The van der Waals surface area contributed by atoms with Crippen LogP contribution in [0.15, 0.2) is 30.7 Å². The van der Waals surface area contributed by atoms with E-state index in [2.05, 4.69) is 25.0 Å². The van der Waals surface area contributed by atoms with Crippen LogP contribution >= 0.6 is 0 Å². The first kappa shape index (κ1) is 21.8. The Morgan fingerprint density at radius 3 is 2.64 bits per heavy atom. The monoisotopic (exact) mass is 468 g/mol. The summed E-state index contributed by atoms with van der Waals surface area (Å²) in [7, 11) is 0. The predicted molar refractivity (Wildman–Crippen MR) is 108 cm³/mol. The van der Waals surface area contributed by atoms with Gasteiger partial charge in [-0.1, -0.05) is 0 Å². The van der Waals surface area contributed by atoms with Crippen molar-refractivity contribution in [3.05, 3.63) is 36.3 Å². The van der Waals surface area contributed by atoms with Crippen molar-refractivity contribution in [3.8, 4) is 5.88 Å². The highest BCUT2D eigenvalue weighted by atomic mass is 19.4. The number of fused-ring (bicyclic) bond motifs is 1. The van der Waals surface area contributed by atoms with Crippen molar-refractivity contribution < 1.29 is 26.7 Å². The van der Waals surface area contributed by atoms with Gasteiger partial charge in [-0.15, -0.1) is 0 Å². The molecule has 3 aromatic rings. The normalized spacial score (nSPS) is 23.3. The second kappa shape index (κ2) is 8.07. The lowest BCUT2D eigenvalue weighted by atomic mass is 9.62. The maximum absolute atomic E-state index is 12.8. The topological polar surface area (TPSA) is 69.0 Å². The van der Waals surface area contributed by atoms with E-state index in [0.29, 0.717) is 17.0 Å². The van der Waals surface area contributed by atoms with E-state index in [0.717, 1.165) is 51.0 Å². The predicted octanol–water partition coefficient (Wildman–Crippen LogP) is 4.33. The zero-order chi connectivity index (χ0) is 23.2. The number of ether oxygens (including phenoxy) is 1. The molecular weight excluding hydrogens is 447 g/mol. The SMILES string of the molecule is FC(F)Cn1ncc2ncc(N3CCCC4(CC(Oc5ccc(C(F)(F)F)cn5)C4)C3)nc21. The number of hydrogen-bond acceptors (Lipinski definition) is 6. The largest absolute Gasteiger partial charge is 0.474 e. The summed E-state index contributed by atoms with van der Waals surface area (Å²) in [5, 5.41) is 3.95. The van der Waals surface area contributed by atoms with Gasteiger partial charge in [-0.05, 0) is 37.2 Å². The van der Waals surface area contributed by atoms with E-state index in [9.17, 15) is 22.0 Å². The van der Waals surface area contributed by atoms with Crippen LogP contribution in [0.5, 0.6) is 5.88 Å². The third-order valence-electron chi connectivity index (χ3n) is 6.30. The molecule has 4 heterocycles. The lowest BCUT2D eigenvalue weighted by Gasteiger charge is -2.52. The summed E-state index contributed by atoms with van der Waals surface area (Å²) in [6.07, 6.45) is 0.197. The fourth-order valence-electron chi connectivity index (χ4n) is 4.77. The number of hydrogen-bond donors (Lipinski definition) is 0. The highest BCUT2D eigenvalue weighted by Gasteiger charge is 2.48. The van der Waals surface area contributed by atoms with Crippen molar-refractivity contribution in [2.45, 2.75) is 50.9 Å². The molecule has 2 aliphatic rings. The molecule has 2 fully saturated rings. The molecule has 1 aliphatic carbocycles. The molecular formula is C21H21F5N6O. The Hall–Kier alpha value is -3.05. The Balaban J connectivity index is 1.24. The molecule has 0 bridgehead atoms. The van der Waals surface area contributed by atoms with E-state index >= 15 is 0 Å². The summed E-state index contributed by atoms with van der Waals surface area (Å²) in [5.74, 6) is 0.797. The summed E-state index contributed by atoms with van der Waals surface area (Å²) < 4.78 is 70.6. The molecule has 3 aromatic heterocycles. The number of aromatic nitrogens is 5. The second-order valence-electron chi connectivity index (χ2n) is 8.71. The van der Waals surface area contributed by atoms with Gasteiger partial charge in [-0.2, -0.15) is 18.3 Å². The first-order chi connectivity index (χ1) is 15.7. The zero-order valence-corrected chi connectivity index (χ0v) is 17.5. The van der Waals surface area contributed by atoms with Crippen LogP contribution in [0, 0.1) is 5.41 Å². The Morgan fingerprint density at radius 2 is 1.94 bits per heavy atom. The highest BCUT2D eigenvalue weighted by Crippen LogP contribution is 2.49. The minimum absolute atomic E-state index is 0.00861. The van der Waals surface area contributed by atoms with Crippen LogP contribution in [0.4, 0.5) is 27.8 Å². The number of nitrogens with zero attached hydrogens (tertiary/aromatic N) is 6. The molecule has 5 rings (SSSR count). The highest BCUT2D eigenvalue weighted by molar-refractivity contribution is 5.71. The van der Waals surface area contributed by atoms with E-state index in [1.807, 2.05) is 0 Å². The van der Waals surface area contributed by atoms with Gasteiger partial charge in [0.15, 0.2) is 5.65 Å². The van der Waals surface area contributed by atoms with Gasteiger partial charge in [0.2, 0.25) is 5.88 Å². The van der Waals surface area contributed by atoms with E-state index < -0.39 is 24.7 Å². The first-order valence-corrected chi connectivity index (χ1v) is 10.6. The van der Waals surface area contributed by atoms with Crippen molar-refractivity contribution in [1.82, 2.24) is 24.7 Å². The quantitative estimate of drug-likeness (QED) is 0.519. The van der Waals surface area contributed by atoms with Crippen LogP contribution < -0.4 is 9.64 Å². The minimum atomic E-state index is -4.43. The van der Waals surface area contributed by atoms with Gasteiger partial charge in [-0.25, -0.2) is 28.4 Å². The van der Waals surface area contributed by atoms with Gasteiger partial charge < -0.3 is 9.64 Å². The van der Waals surface area contributed by atoms with Crippen LogP contribution in [0.25, 0.3) is 11.2 Å². The summed E-state index contributed by atoms with van der Waals surface area (Å²) in [5.41, 5.74) is -0.00647. The Kier molecular flexibility index (Phi) is 5.32. The fourth-order valence-corrected chi connectivity index (χ4v) is 4.77. The van der Waals surface area contributed by atoms with Crippen LogP contribution in [0.3, 0.4) is 0 Å². The van der Waals surface area contributed by atoms with Gasteiger partial charge in [0.05, 0.1) is 18.0 Å². The van der Waals surface area contributed by atoms with Crippen molar-refractivity contribution in [2.75, 3.05) is 18.0 Å². The Morgan fingerprint density at radius 1 is 1.12 bits per heavy atom. The fraction of sp³-hybridized carbons (Fsp3) is 0.524. The molecule has 0 aromatic carbocycles. The second-order valence-corrected chi connectivity index (χ2v) is 8.71. The van der Waals surface area contributed by atoms with Gasteiger partial charge in [0, 0.05) is 25.4 Å². The van der Waals surface area contributed by atoms with Gasteiger partial charge in [0.25, 0.3) is 6.43 Å². The molecule has 7 nitrogen and oxygen atoms in total. The molecule has 12 heteroatoms. The van der Waals surface area contributed by atoms with Gasteiger partial charge in [0.1, 0.15) is 24.0 Å². The standard InChI is InChI=1S/C21H21F5N6O/c22-16(23)11-32-19-15(9-29-32)27-10-17(30-19)31-5-1-4-20(12-31)6-14(7-20)33-18-3-2-13(8-28-18)21(24,25)26/h2-3,8-10,14,16H,1,4-7,11-12H2. The van der Waals surface area contributed by atoms with Gasteiger partial charge in [-0.3, -0.25) is 0 Å². The maximum Gasteiger partial charge on any atom is 0.417 e. The maximum atomic E-state index is 12.8. The van der Waals surface area contributed by atoms with E-state index in [1.165, 1.54) is 16.9 Å².